The summed E-state index contributed by atoms with van der Waals surface area (Å²) in [5.41, 5.74) is 0.00711. The number of nitrogens with zero attached hydrogens (tertiary/aromatic N) is 1. The maximum absolute atomic E-state index is 11.9. The predicted octanol–water partition coefficient (Wildman–Crippen LogP) is 1.39. The van der Waals surface area contributed by atoms with Gasteiger partial charge < -0.3 is 19.5 Å². The van der Waals surface area contributed by atoms with Crippen molar-refractivity contribution in [3.8, 4) is 11.5 Å². The highest BCUT2D eigenvalue weighted by Crippen LogP contribution is 2.27. The maximum Gasteiger partial charge on any atom is 0.339 e. The number of benzene rings is 1. The molecule has 1 fully saturated rings. The molecule has 2 rings (SSSR count). The second-order valence-electron chi connectivity index (χ2n) is 4.69. The fraction of sp³-hybridized carbons (Fsp3) is 0.429. The van der Waals surface area contributed by atoms with Crippen LogP contribution in [0.3, 0.4) is 0 Å². The molecule has 0 bridgehead atoms. The molecule has 6 heteroatoms. The number of hydrogen-bond acceptors (Lipinski definition) is 4. The summed E-state index contributed by atoms with van der Waals surface area (Å²) in [5, 5.41) is 9.09. The van der Waals surface area contributed by atoms with Gasteiger partial charge in [0.25, 0.3) is 5.91 Å². The number of methoxy groups -OCH3 is 1. The van der Waals surface area contributed by atoms with Crippen molar-refractivity contribution in [3.05, 3.63) is 23.8 Å². The molecule has 0 atom stereocenters. The third kappa shape index (κ3) is 3.20. The van der Waals surface area contributed by atoms with Crippen molar-refractivity contribution in [1.29, 1.82) is 0 Å². The van der Waals surface area contributed by atoms with Gasteiger partial charge in [0.2, 0.25) is 0 Å². The minimum atomic E-state index is -1.11. The van der Waals surface area contributed by atoms with Crippen LogP contribution in [0.4, 0.5) is 0 Å². The third-order valence-corrected chi connectivity index (χ3v) is 3.26. The number of carbonyl (C=O) groups excluding carboxylic acids is 1. The van der Waals surface area contributed by atoms with Crippen molar-refractivity contribution >= 4 is 11.9 Å². The van der Waals surface area contributed by atoms with E-state index in [4.69, 9.17) is 14.6 Å². The first-order chi connectivity index (χ1) is 9.52. The quantitative estimate of drug-likeness (QED) is 0.851. The van der Waals surface area contributed by atoms with Crippen molar-refractivity contribution in [2.45, 2.75) is 18.9 Å². The van der Waals surface area contributed by atoms with Crippen LogP contribution in [0, 0.1) is 0 Å². The topological polar surface area (TPSA) is 76.1 Å². The van der Waals surface area contributed by atoms with Gasteiger partial charge in [0.1, 0.15) is 17.1 Å². The van der Waals surface area contributed by atoms with Crippen molar-refractivity contribution < 1.29 is 24.2 Å². The summed E-state index contributed by atoms with van der Waals surface area (Å²) >= 11 is 0. The van der Waals surface area contributed by atoms with E-state index in [1.807, 2.05) is 0 Å². The minimum absolute atomic E-state index is 0.00711. The molecule has 0 saturated heterocycles. The molecule has 1 aliphatic carbocycles. The number of aromatic carboxylic acids is 1. The van der Waals surface area contributed by atoms with E-state index in [9.17, 15) is 9.59 Å². The van der Waals surface area contributed by atoms with Gasteiger partial charge in [-0.3, -0.25) is 4.79 Å². The number of ether oxygens (including phenoxy) is 2. The average Bonchev–Trinajstić information content (AvgIpc) is 3.27. The highest BCUT2D eigenvalue weighted by molar-refractivity contribution is 5.91. The first-order valence-corrected chi connectivity index (χ1v) is 6.32. The summed E-state index contributed by atoms with van der Waals surface area (Å²) in [7, 11) is 3.21. The van der Waals surface area contributed by atoms with Gasteiger partial charge in [-0.1, -0.05) is 0 Å². The van der Waals surface area contributed by atoms with Crippen LogP contribution in [0.1, 0.15) is 23.2 Å². The highest BCUT2D eigenvalue weighted by Gasteiger charge is 2.29. The van der Waals surface area contributed by atoms with Crippen LogP contribution in [0.2, 0.25) is 0 Å². The van der Waals surface area contributed by atoms with Gasteiger partial charge >= 0.3 is 5.97 Å². The Hall–Kier alpha value is -2.24. The van der Waals surface area contributed by atoms with E-state index < -0.39 is 5.97 Å². The Labute approximate surface area is 116 Å². The fourth-order valence-corrected chi connectivity index (χ4v) is 1.83. The molecular formula is C14H17NO5. The van der Waals surface area contributed by atoms with Gasteiger partial charge in [-0.25, -0.2) is 4.79 Å². The van der Waals surface area contributed by atoms with Gasteiger partial charge in [0, 0.05) is 19.2 Å². The number of amides is 1. The molecule has 0 aliphatic heterocycles. The zero-order chi connectivity index (χ0) is 14.7. The van der Waals surface area contributed by atoms with Crippen LogP contribution in [-0.4, -0.2) is 48.7 Å². The standard InChI is InChI=1S/C14H17NO5/c1-15(9-3-4-9)13(16)8-20-12-7-10(19-2)5-6-11(12)14(17)18/h5-7,9H,3-4,8H2,1-2H3,(H,17,18). The van der Waals surface area contributed by atoms with E-state index >= 15 is 0 Å². The van der Waals surface area contributed by atoms with Crippen molar-refractivity contribution in [1.82, 2.24) is 4.90 Å². The Morgan fingerprint density at radius 2 is 2.10 bits per heavy atom. The Morgan fingerprint density at radius 1 is 1.40 bits per heavy atom. The van der Waals surface area contributed by atoms with E-state index in [1.165, 1.54) is 25.3 Å². The highest BCUT2D eigenvalue weighted by atomic mass is 16.5. The lowest BCUT2D eigenvalue weighted by Crippen LogP contribution is -2.33. The minimum Gasteiger partial charge on any atom is -0.497 e. The first-order valence-electron chi connectivity index (χ1n) is 6.32. The first kappa shape index (κ1) is 14.2. The Bertz CT molecular complexity index is 524. The molecule has 0 radical (unpaired) electrons. The van der Waals surface area contributed by atoms with Gasteiger partial charge in [-0.15, -0.1) is 0 Å². The van der Waals surface area contributed by atoms with Gasteiger partial charge in [0.05, 0.1) is 7.11 Å². The number of hydrogen-bond donors (Lipinski definition) is 1. The number of likely N-dealkylation sites (N-methyl/N-ethyl adjacent to an activating group) is 1. The summed E-state index contributed by atoms with van der Waals surface area (Å²) in [6, 6.07) is 4.70. The largest absolute Gasteiger partial charge is 0.497 e. The number of carboxylic acids is 1. The zero-order valence-electron chi connectivity index (χ0n) is 11.5. The molecule has 1 saturated carbocycles. The van der Waals surface area contributed by atoms with Crippen LogP contribution in [0.25, 0.3) is 0 Å². The normalized spacial score (nSPS) is 13.7. The molecule has 20 heavy (non-hydrogen) atoms. The van der Waals surface area contributed by atoms with Crippen LogP contribution in [0.15, 0.2) is 18.2 Å². The second-order valence-corrected chi connectivity index (χ2v) is 4.69. The molecule has 108 valence electrons. The van der Waals surface area contributed by atoms with E-state index in [0.29, 0.717) is 11.8 Å². The Morgan fingerprint density at radius 3 is 2.65 bits per heavy atom. The van der Waals surface area contributed by atoms with Crippen LogP contribution in [0.5, 0.6) is 11.5 Å². The number of rotatable bonds is 6. The summed E-state index contributed by atoms with van der Waals surface area (Å²) < 4.78 is 10.4. The van der Waals surface area contributed by atoms with Crippen LogP contribution >= 0.6 is 0 Å². The lowest BCUT2D eigenvalue weighted by Gasteiger charge is -2.17. The van der Waals surface area contributed by atoms with Crippen molar-refractivity contribution in [3.63, 3.8) is 0 Å². The molecule has 0 heterocycles. The Kier molecular flexibility index (Phi) is 4.12. The van der Waals surface area contributed by atoms with E-state index in [1.54, 1.807) is 11.9 Å². The maximum atomic E-state index is 11.9. The molecule has 6 nitrogen and oxygen atoms in total. The molecule has 0 spiro atoms. The predicted molar refractivity (Wildman–Crippen MR) is 71.2 cm³/mol. The molecule has 1 N–H and O–H groups in total. The summed E-state index contributed by atoms with van der Waals surface area (Å²) in [4.78, 5) is 24.6. The van der Waals surface area contributed by atoms with E-state index in [0.717, 1.165) is 12.8 Å². The lowest BCUT2D eigenvalue weighted by molar-refractivity contribution is -0.132. The van der Waals surface area contributed by atoms with Gasteiger partial charge in [0.15, 0.2) is 6.61 Å². The molecular weight excluding hydrogens is 262 g/mol. The number of carboxylic acid groups (broad SMARTS) is 1. The molecule has 0 unspecified atom stereocenters. The smallest absolute Gasteiger partial charge is 0.339 e. The average molecular weight is 279 g/mol. The van der Waals surface area contributed by atoms with Crippen molar-refractivity contribution in [2.75, 3.05) is 20.8 Å². The molecule has 1 aliphatic rings. The third-order valence-electron chi connectivity index (χ3n) is 3.26. The molecule has 0 aromatic heterocycles. The number of carbonyl (C=O) groups is 2. The fourth-order valence-electron chi connectivity index (χ4n) is 1.83. The summed E-state index contributed by atoms with van der Waals surface area (Å²) in [6.07, 6.45) is 2.03. The zero-order valence-corrected chi connectivity index (χ0v) is 11.5. The molecule has 1 aromatic rings. The summed E-state index contributed by atoms with van der Waals surface area (Å²) in [5.74, 6) is -0.653. The second kappa shape index (κ2) is 5.81. The van der Waals surface area contributed by atoms with Crippen LogP contribution in [-0.2, 0) is 4.79 Å². The molecule has 1 amide bonds. The monoisotopic (exact) mass is 279 g/mol. The van der Waals surface area contributed by atoms with Crippen LogP contribution < -0.4 is 9.47 Å². The van der Waals surface area contributed by atoms with E-state index in [-0.39, 0.29) is 23.8 Å². The summed E-state index contributed by atoms with van der Waals surface area (Å²) in [6.45, 7) is -0.180. The lowest BCUT2D eigenvalue weighted by atomic mass is 10.2. The SMILES string of the molecule is COc1ccc(C(=O)O)c(OCC(=O)N(C)C2CC2)c1. The van der Waals surface area contributed by atoms with Gasteiger partial charge in [-0.2, -0.15) is 0 Å². The Balaban J connectivity index is 2.06. The van der Waals surface area contributed by atoms with Gasteiger partial charge in [-0.05, 0) is 25.0 Å². The molecule has 1 aromatic carbocycles. The van der Waals surface area contributed by atoms with E-state index in [2.05, 4.69) is 0 Å². The van der Waals surface area contributed by atoms with Crippen molar-refractivity contribution in [2.24, 2.45) is 0 Å².